The lowest BCUT2D eigenvalue weighted by molar-refractivity contribution is -0.126. The second kappa shape index (κ2) is 10.8. The van der Waals surface area contributed by atoms with Gasteiger partial charge in [0.2, 0.25) is 17.6 Å². The molecule has 1 amide bonds. The van der Waals surface area contributed by atoms with Crippen LogP contribution in [0.2, 0.25) is 0 Å². The first-order valence-corrected chi connectivity index (χ1v) is 11.7. The number of halogens is 2. The minimum atomic E-state index is -0.228. The second-order valence-electron chi connectivity index (χ2n) is 8.12. The number of piperidine rings is 1. The van der Waals surface area contributed by atoms with Crippen molar-refractivity contribution in [2.24, 2.45) is 5.92 Å². The van der Waals surface area contributed by atoms with Crippen LogP contribution >= 0.6 is 15.9 Å². The summed E-state index contributed by atoms with van der Waals surface area (Å²) in [5.74, 6) is 0.944. The molecule has 1 unspecified atom stereocenters. The lowest BCUT2D eigenvalue weighted by Gasteiger charge is -2.30. The first kappa shape index (κ1) is 22.6. The maximum atomic E-state index is 13.0. The van der Waals surface area contributed by atoms with Crippen molar-refractivity contribution < 1.29 is 13.7 Å². The van der Waals surface area contributed by atoms with Crippen molar-refractivity contribution >= 4 is 21.8 Å². The third-order valence-electron chi connectivity index (χ3n) is 5.64. The molecule has 2 aromatic carbocycles. The number of aryl methyl sites for hydroxylation is 1. The summed E-state index contributed by atoms with van der Waals surface area (Å²) in [4.78, 5) is 19.3. The highest BCUT2D eigenvalue weighted by molar-refractivity contribution is 9.10. The summed E-state index contributed by atoms with van der Waals surface area (Å²) in [5, 5.41) is 7.15. The third kappa shape index (κ3) is 6.23. The number of nitrogens with zero attached hydrogens (tertiary/aromatic N) is 3. The summed E-state index contributed by atoms with van der Waals surface area (Å²) in [6, 6.07) is 14.3. The minimum Gasteiger partial charge on any atom is -0.356 e. The van der Waals surface area contributed by atoms with Crippen LogP contribution < -0.4 is 5.32 Å². The number of benzene rings is 2. The van der Waals surface area contributed by atoms with Gasteiger partial charge in [-0.05, 0) is 62.1 Å². The monoisotopic (exact) mass is 500 g/mol. The van der Waals surface area contributed by atoms with Gasteiger partial charge < -0.3 is 9.84 Å². The number of amides is 1. The molecule has 0 saturated carbocycles. The van der Waals surface area contributed by atoms with Gasteiger partial charge in [0.25, 0.3) is 0 Å². The van der Waals surface area contributed by atoms with E-state index in [0.29, 0.717) is 31.3 Å². The smallest absolute Gasteiger partial charge is 0.241 e. The molecule has 0 aliphatic carbocycles. The Kier molecular flexibility index (Phi) is 7.65. The SMILES string of the molecule is O=C(NCCCc1ccc(F)cc1)C1CCCN(Cc2nc(-c3cccc(Br)c3)no2)C1. The number of rotatable bonds is 8. The first-order chi connectivity index (χ1) is 15.6. The Labute approximate surface area is 195 Å². The van der Waals surface area contributed by atoms with Crippen molar-refractivity contribution in [1.82, 2.24) is 20.4 Å². The Hall–Kier alpha value is -2.58. The fraction of sp³-hybridized carbons (Fsp3) is 0.375. The molecule has 1 aliphatic rings. The lowest BCUT2D eigenvalue weighted by atomic mass is 9.97. The van der Waals surface area contributed by atoms with Crippen LogP contribution in [0.15, 0.2) is 57.5 Å². The minimum absolute atomic E-state index is 0.0398. The number of hydrogen-bond donors (Lipinski definition) is 1. The van der Waals surface area contributed by atoms with E-state index in [1.165, 1.54) is 12.1 Å². The molecule has 2 heterocycles. The summed E-state index contributed by atoms with van der Waals surface area (Å²) < 4.78 is 19.4. The molecule has 1 fully saturated rings. The molecule has 1 atom stereocenters. The highest BCUT2D eigenvalue weighted by Gasteiger charge is 2.26. The Morgan fingerprint density at radius 1 is 1.25 bits per heavy atom. The van der Waals surface area contributed by atoms with E-state index in [1.54, 1.807) is 12.1 Å². The largest absolute Gasteiger partial charge is 0.356 e. The number of hydrogen-bond acceptors (Lipinski definition) is 5. The zero-order chi connectivity index (χ0) is 22.3. The normalized spacial score (nSPS) is 16.8. The van der Waals surface area contributed by atoms with Crippen LogP contribution in [0, 0.1) is 11.7 Å². The summed E-state index contributed by atoms with van der Waals surface area (Å²) in [7, 11) is 0. The standard InChI is InChI=1S/C24H26BrFN4O2/c25-20-7-1-5-18(14-20)23-28-22(32-29-23)16-30-13-3-6-19(15-30)24(31)27-12-2-4-17-8-10-21(26)11-9-17/h1,5,7-11,14,19H,2-4,6,12-13,15-16H2,(H,27,31). The molecule has 3 aromatic rings. The molecule has 1 saturated heterocycles. The molecular formula is C24H26BrFN4O2. The highest BCUT2D eigenvalue weighted by atomic mass is 79.9. The van der Waals surface area contributed by atoms with Gasteiger partial charge in [-0.2, -0.15) is 4.98 Å². The summed E-state index contributed by atoms with van der Waals surface area (Å²) in [5.41, 5.74) is 1.97. The van der Waals surface area contributed by atoms with Crippen molar-refractivity contribution in [3.05, 3.63) is 70.3 Å². The number of carbonyl (C=O) groups is 1. The predicted molar refractivity (Wildman–Crippen MR) is 123 cm³/mol. The molecule has 6 nitrogen and oxygen atoms in total. The molecule has 0 radical (unpaired) electrons. The van der Waals surface area contributed by atoms with Gasteiger partial charge in [0.15, 0.2) is 0 Å². The molecule has 0 spiro atoms. The van der Waals surface area contributed by atoms with Crippen LogP contribution in [0.1, 0.15) is 30.7 Å². The van der Waals surface area contributed by atoms with Crippen LogP contribution in [0.3, 0.4) is 0 Å². The molecule has 0 bridgehead atoms. The van der Waals surface area contributed by atoms with Gasteiger partial charge >= 0.3 is 0 Å². The highest BCUT2D eigenvalue weighted by Crippen LogP contribution is 2.22. The average molecular weight is 501 g/mol. The summed E-state index contributed by atoms with van der Waals surface area (Å²) in [6.07, 6.45) is 3.48. The van der Waals surface area contributed by atoms with E-state index in [4.69, 9.17) is 4.52 Å². The fourth-order valence-corrected chi connectivity index (χ4v) is 4.37. The zero-order valence-corrected chi connectivity index (χ0v) is 19.4. The van der Waals surface area contributed by atoms with E-state index in [2.05, 4.69) is 36.3 Å². The quantitative estimate of drug-likeness (QED) is 0.457. The van der Waals surface area contributed by atoms with Crippen molar-refractivity contribution in [2.75, 3.05) is 19.6 Å². The Morgan fingerprint density at radius 2 is 2.09 bits per heavy atom. The van der Waals surface area contributed by atoms with Gasteiger partial charge in [0, 0.05) is 23.1 Å². The second-order valence-corrected chi connectivity index (χ2v) is 9.03. The van der Waals surface area contributed by atoms with Gasteiger partial charge in [-0.1, -0.05) is 45.4 Å². The van der Waals surface area contributed by atoms with Crippen LogP contribution in [-0.4, -0.2) is 40.6 Å². The molecule has 8 heteroatoms. The van der Waals surface area contributed by atoms with Gasteiger partial charge in [-0.25, -0.2) is 4.39 Å². The Balaban J connectivity index is 1.23. The maximum absolute atomic E-state index is 13.0. The van der Waals surface area contributed by atoms with Crippen LogP contribution in [0.25, 0.3) is 11.4 Å². The number of aromatic nitrogens is 2. The van der Waals surface area contributed by atoms with Crippen molar-refractivity contribution in [3.63, 3.8) is 0 Å². The topological polar surface area (TPSA) is 71.3 Å². The van der Waals surface area contributed by atoms with Crippen LogP contribution in [0.5, 0.6) is 0 Å². The van der Waals surface area contributed by atoms with Crippen LogP contribution in [-0.2, 0) is 17.8 Å². The van der Waals surface area contributed by atoms with E-state index >= 15 is 0 Å². The van der Waals surface area contributed by atoms with Gasteiger partial charge in [0.05, 0.1) is 12.5 Å². The van der Waals surface area contributed by atoms with E-state index in [0.717, 1.165) is 47.8 Å². The number of nitrogens with one attached hydrogen (secondary N) is 1. The van der Waals surface area contributed by atoms with Gasteiger partial charge in [0.1, 0.15) is 5.82 Å². The molecule has 1 aromatic heterocycles. The van der Waals surface area contributed by atoms with Crippen molar-refractivity contribution in [1.29, 1.82) is 0 Å². The maximum Gasteiger partial charge on any atom is 0.241 e. The molecule has 168 valence electrons. The Morgan fingerprint density at radius 3 is 2.91 bits per heavy atom. The van der Waals surface area contributed by atoms with Crippen LogP contribution in [0.4, 0.5) is 4.39 Å². The lowest BCUT2D eigenvalue weighted by Crippen LogP contribution is -2.43. The third-order valence-corrected chi connectivity index (χ3v) is 6.13. The zero-order valence-electron chi connectivity index (χ0n) is 17.8. The molecule has 32 heavy (non-hydrogen) atoms. The van der Waals surface area contributed by atoms with Crippen molar-refractivity contribution in [2.45, 2.75) is 32.2 Å². The molecular weight excluding hydrogens is 475 g/mol. The van der Waals surface area contributed by atoms with Gasteiger partial charge in [-0.15, -0.1) is 0 Å². The fourth-order valence-electron chi connectivity index (χ4n) is 3.97. The van der Waals surface area contributed by atoms with Crippen molar-refractivity contribution in [3.8, 4) is 11.4 Å². The summed E-state index contributed by atoms with van der Waals surface area (Å²) >= 11 is 3.46. The molecule has 1 N–H and O–H groups in total. The number of likely N-dealkylation sites (tertiary alicyclic amines) is 1. The van der Waals surface area contributed by atoms with E-state index in [1.807, 2.05) is 24.3 Å². The van der Waals surface area contributed by atoms with Gasteiger partial charge in [-0.3, -0.25) is 9.69 Å². The van der Waals surface area contributed by atoms with E-state index in [9.17, 15) is 9.18 Å². The molecule has 1 aliphatic heterocycles. The Bertz CT molecular complexity index is 1040. The first-order valence-electron chi connectivity index (χ1n) is 10.9. The van der Waals surface area contributed by atoms with E-state index < -0.39 is 0 Å². The molecule has 4 rings (SSSR count). The summed E-state index contributed by atoms with van der Waals surface area (Å²) in [6.45, 7) is 2.74. The average Bonchev–Trinajstić information content (AvgIpc) is 3.26. The number of carbonyl (C=O) groups excluding carboxylic acids is 1. The predicted octanol–water partition coefficient (Wildman–Crippen LogP) is 4.60. The van der Waals surface area contributed by atoms with E-state index in [-0.39, 0.29) is 17.6 Å².